The lowest BCUT2D eigenvalue weighted by Gasteiger charge is -2.27. The van der Waals surface area contributed by atoms with Crippen molar-refractivity contribution in [1.82, 2.24) is 20.2 Å². The van der Waals surface area contributed by atoms with Gasteiger partial charge in [0, 0.05) is 6.42 Å². The summed E-state index contributed by atoms with van der Waals surface area (Å²) in [5.74, 6) is 0.119. The van der Waals surface area contributed by atoms with Gasteiger partial charge >= 0.3 is 5.97 Å². The van der Waals surface area contributed by atoms with Crippen LogP contribution >= 0.6 is 0 Å². The fourth-order valence-corrected chi connectivity index (χ4v) is 2.99. The van der Waals surface area contributed by atoms with Gasteiger partial charge in [-0.15, -0.1) is 5.10 Å². The van der Waals surface area contributed by atoms with Crippen molar-refractivity contribution in [3.8, 4) is 0 Å². The van der Waals surface area contributed by atoms with Crippen LogP contribution in [-0.2, 0) is 17.8 Å². The van der Waals surface area contributed by atoms with E-state index in [2.05, 4.69) is 22.4 Å². The number of nitrogens with zero attached hydrogens (tertiary/aromatic N) is 4. The molecule has 2 rings (SSSR count). The molecule has 1 aromatic heterocycles. The maximum Gasteiger partial charge on any atom is 0.311 e. The number of carboxylic acids is 1. The van der Waals surface area contributed by atoms with Crippen LogP contribution in [0.3, 0.4) is 0 Å². The monoisotopic (exact) mass is 280 g/mol. The predicted octanol–water partition coefficient (Wildman–Crippen LogP) is 2.44. The highest BCUT2D eigenvalue weighted by Crippen LogP contribution is 2.37. The lowest BCUT2D eigenvalue weighted by atomic mass is 9.80. The highest BCUT2D eigenvalue weighted by molar-refractivity contribution is 5.74. The molecule has 112 valence electrons. The first-order valence-corrected chi connectivity index (χ1v) is 7.66. The maximum absolute atomic E-state index is 11.8. The Kier molecular flexibility index (Phi) is 5.09. The van der Waals surface area contributed by atoms with Gasteiger partial charge in [0.2, 0.25) is 0 Å². The summed E-state index contributed by atoms with van der Waals surface area (Å²) in [4.78, 5) is 11.8. The summed E-state index contributed by atoms with van der Waals surface area (Å²) >= 11 is 0. The Morgan fingerprint density at radius 3 is 2.60 bits per heavy atom. The first kappa shape index (κ1) is 14.9. The van der Waals surface area contributed by atoms with Crippen molar-refractivity contribution in [1.29, 1.82) is 0 Å². The summed E-state index contributed by atoms with van der Waals surface area (Å²) in [5, 5.41) is 21.5. The van der Waals surface area contributed by atoms with E-state index in [1.165, 1.54) is 0 Å². The molecule has 0 radical (unpaired) electrons. The molecule has 1 heterocycles. The van der Waals surface area contributed by atoms with E-state index in [9.17, 15) is 9.90 Å². The molecule has 0 aromatic carbocycles. The molecule has 1 fully saturated rings. The van der Waals surface area contributed by atoms with Gasteiger partial charge < -0.3 is 5.11 Å². The molecule has 0 unspecified atom stereocenters. The van der Waals surface area contributed by atoms with Crippen molar-refractivity contribution in [2.24, 2.45) is 5.41 Å². The van der Waals surface area contributed by atoms with Gasteiger partial charge in [0.1, 0.15) is 0 Å². The molecule has 6 nitrogen and oxygen atoms in total. The van der Waals surface area contributed by atoms with Crippen LogP contribution in [0.4, 0.5) is 0 Å². The van der Waals surface area contributed by atoms with Crippen molar-refractivity contribution in [2.75, 3.05) is 0 Å². The third-order valence-corrected chi connectivity index (χ3v) is 4.33. The van der Waals surface area contributed by atoms with Crippen molar-refractivity contribution in [2.45, 2.75) is 71.3 Å². The van der Waals surface area contributed by atoms with Gasteiger partial charge in [-0.05, 0) is 29.7 Å². The van der Waals surface area contributed by atoms with E-state index in [-0.39, 0.29) is 0 Å². The average molecular weight is 280 g/mol. The van der Waals surface area contributed by atoms with E-state index in [1.54, 1.807) is 4.68 Å². The second-order valence-electron chi connectivity index (χ2n) is 5.86. The van der Waals surface area contributed by atoms with Crippen molar-refractivity contribution < 1.29 is 9.90 Å². The van der Waals surface area contributed by atoms with Crippen molar-refractivity contribution >= 4 is 5.97 Å². The van der Waals surface area contributed by atoms with Crippen LogP contribution in [0.25, 0.3) is 0 Å². The highest BCUT2D eigenvalue weighted by atomic mass is 16.4. The topological polar surface area (TPSA) is 80.9 Å². The molecule has 0 spiro atoms. The van der Waals surface area contributed by atoms with Gasteiger partial charge in [-0.1, -0.05) is 39.0 Å². The minimum Gasteiger partial charge on any atom is -0.481 e. The van der Waals surface area contributed by atoms with Crippen LogP contribution in [0.2, 0.25) is 0 Å². The van der Waals surface area contributed by atoms with E-state index < -0.39 is 11.4 Å². The molecule has 1 N–H and O–H groups in total. The van der Waals surface area contributed by atoms with E-state index in [0.29, 0.717) is 6.54 Å². The molecule has 0 aliphatic heterocycles. The second kappa shape index (κ2) is 6.81. The number of carbonyl (C=O) groups is 1. The van der Waals surface area contributed by atoms with Gasteiger partial charge in [0.15, 0.2) is 5.82 Å². The molecule has 1 saturated carbocycles. The lowest BCUT2D eigenvalue weighted by molar-refractivity contribution is -0.151. The summed E-state index contributed by atoms with van der Waals surface area (Å²) in [5.41, 5.74) is -0.688. The van der Waals surface area contributed by atoms with Gasteiger partial charge in [-0.25, -0.2) is 4.68 Å². The Labute approximate surface area is 119 Å². The standard InChI is InChI=1S/C14H24N4O2/c1-2-3-8-12-15-16-17-18(12)11-14(13(19)20)9-6-4-5-7-10-14/h2-11H2,1H3,(H,19,20). The van der Waals surface area contributed by atoms with Crippen LogP contribution in [0.5, 0.6) is 0 Å². The van der Waals surface area contributed by atoms with Crippen LogP contribution < -0.4 is 0 Å². The first-order valence-electron chi connectivity index (χ1n) is 7.66. The summed E-state index contributed by atoms with van der Waals surface area (Å²) in [7, 11) is 0. The van der Waals surface area contributed by atoms with Gasteiger partial charge in [0.25, 0.3) is 0 Å². The number of rotatable bonds is 6. The molecule has 1 aromatic rings. The number of carboxylic acid groups (broad SMARTS) is 1. The number of aliphatic carboxylic acids is 1. The predicted molar refractivity (Wildman–Crippen MR) is 74.2 cm³/mol. The maximum atomic E-state index is 11.8. The van der Waals surface area contributed by atoms with E-state index in [0.717, 1.165) is 63.6 Å². The lowest BCUT2D eigenvalue weighted by Crippen LogP contribution is -2.36. The number of hydrogen-bond acceptors (Lipinski definition) is 4. The van der Waals surface area contributed by atoms with E-state index in [1.807, 2.05) is 0 Å². The summed E-state index contributed by atoms with van der Waals surface area (Å²) < 4.78 is 1.72. The largest absolute Gasteiger partial charge is 0.481 e. The minimum absolute atomic E-state index is 0.411. The molecule has 0 saturated heterocycles. The van der Waals surface area contributed by atoms with Crippen molar-refractivity contribution in [3.05, 3.63) is 5.82 Å². The zero-order chi connectivity index (χ0) is 14.4. The van der Waals surface area contributed by atoms with E-state index in [4.69, 9.17) is 0 Å². The second-order valence-corrected chi connectivity index (χ2v) is 5.86. The summed E-state index contributed by atoms with van der Waals surface area (Å²) in [6.07, 6.45) is 8.62. The molecule has 1 aliphatic rings. The Hall–Kier alpha value is -1.46. The zero-order valence-corrected chi connectivity index (χ0v) is 12.2. The van der Waals surface area contributed by atoms with Crippen LogP contribution in [-0.4, -0.2) is 31.3 Å². The Morgan fingerprint density at radius 2 is 2.00 bits per heavy atom. The Morgan fingerprint density at radius 1 is 1.30 bits per heavy atom. The number of aryl methyl sites for hydroxylation is 1. The quantitative estimate of drug-likeness (QED) is 0.809. The van der Waals surface area contributed by atoms with Crippen molar-refractivity contribution in [3.63, 3.8) is 0 Å². The fraction of sp³-hybridized carbons (Fsp3) is 0.857. The third kappa shape index (κ3) is 3.35. The molecule has 0 amide bonds. The van der Waals surface area contributed by atoms with Crippen LogP contribution in [0.1, 0.15) is 64.1 Å². The number of aromatic nitrogens is 4. The SMILES string of the molecule is CCCCc1nnnn1CC1(C(=O)O)CCCCCC1. The van der Waals surface area contributed by atoms with Crippen LogP contribution in [0, 0.1) is 5.41 Å². The molecule has 1 aliphatic carbocycles. The zero-order valence-electron chi connectivity index (χ0n) is 12.2. The summed E-state index contributed by atoms with van der Waals surface area (Å²) in [6, 6.07) is 0. The van der Waals surface area contributed by atoms with Gasteiger partial charge in [-0.2, -0.15) is 0 Å². The Bertz CT molecular complexity index is 436. The average Bonchev–Trinajstić information content (AvgIpc) is 2.71. The molecular formula is C14H24N4O2. The summed E-state index contributed by atoms with van der Waals surface area (Å²) in [6.45, 7) is 2.53. The minimum atomic E-state index is -0.698. The molecule has 6 heteroatoms. The van der Waals surface area contributed by atoms with Crippen LogP contribution in [0.15, 0.2) is 0 Å². The van der Waals surface area contributed by atoms with E-state index >= 15 is 0 Å². The fourth-order valence-electron chi connectivity index (χ4n) is 2.99. The molecule has 20 heavy (non-hydrogen) atoms. The Balaban J connectivity index is 2.15. The smallest absolute Gasteiger partial charge is 0.311 e. The molecular weight excluding hydrogens is 256 g/mol. The molecule has 0 bridgehead atoms. The third-order valence-electron chi connectivity index (χ3n) is 4.33. The number of tetrazole rings is 1. The highest BCUT2D eigenvalue weighted by Gasteiger charge is 2.40. The first-order chi connectivity index (χ1) is 9.68. The molecule has 0 atom stereocenters. The van der Waals surface area contributed by atoms with Gasteiger partial charge in [-0.3, -0.25) is 4.79 Å². The van der Waals surface area contributed by atoms with Gasteiger partial charge in [0.05, 0.1) is 12.0 Å². The number of hydrogen-bond donors (Lipinski definition) is 1. The number of unbranched alkanes of at least 4 members (excludes halogenated alkanes) is 1. The normalized spacial score (nSPS) is 18.6.